The summed E-state index contributed by atoms with van der Waals surface area (Å²) in [7, 11) is 0. The lowest BCUT2D eigenvalue weighted by Gasteiger charge is -2.60. The quantitative estimate of drug-likeness (QED) is 0.337. The predicted octanol–water partition coefficient (Wildman–Crippen LogP) is 5.46. The van der Waals surface area contributed by atoms with Crippen molar-refractivity contribution in [2.75, 3.05) is 5.32 Å². The first-order valence-corrected chi connectivity index (χ1v) is 13.4. The van der Waals surface area contributed by atoms with E-state index >= 15 is 0 Å². The average molecular weight is 550 g/mol. The van der Waals surface area contributed by atoms with Crippen LogP contribution >= 0.6 is 15.9 Å². The summed E-state index contributed by atoms with van der Waals surface area (Å²) < 4.78 is 5.73. The SMILES string of the molecule is C[C@@H](OC(=O)CC12C[C@@H]3C[C@@H](CC(Br)(C3)C1)C2)C(=O)Nc1ccc2c(c1)C(=O)c1ccccc1C2=O. The van der Waals surface area contributed by atoms with Crippen molar-refractivity contribution >= 4 is 45.1 Å². The zero-order valence-electron chi connectivity index (χ0n) is 20.1. The van der Waals surface area contributed by atoms with Crippen LogP contribution in [0.2, 0.25) is 0 Å². The van der Waals surface area contributed by atoms with E-state index in [0.29, 0.717) is 40.6 Å². The molecule has 2 aromatic carbocycles. The van der Waals surface area contributed by atoms with Gasteiger partial charge in [0, 0.05) is 32.3 Å². The Morgan fingerprint density at radius 3 is 2.22 bits per heavy atom. The number of anilines is 1. The Bertz CT molecular complexity index is 1300. The first-order chi connectivity index (χ1) is 17.1. The molecule has 5 aliphatic carbocycles. The number of carbonyl (C=O) groups excluding carboxylic acids is 4. The molecule has 7 rings (SSSR count). The van der Waals surface area contributed by atoms with E-state index in [1.165, 1.54) is 25.3 Å². The van der Waals surface area contributed by atoms with Crippen molar-refractivity contribution in [2.45, 2.75) is 62.3 Å². The average Bonchev–Trinajstić information content (AvgIpc) is 2.80. The molecule has 6 nitrogen and oxygen atoms in total. The number of nitrogens with one attached hydrogen (secondary N) is 1. The first-order valence-electron chi connectivity index (χ1n) is 12.7. The highest BCUT2D eigenvalue weighted by molar-refractivity contribution is 9.10. The number of fused-ring (bicyclic) bond motifs is 2. The Labute approximate surface area is 218 Å². The standard InChI is InChI=1S/C29H28BrNO5/c1-16(36-24(32)14-28-10-17-8-18(11-28)13-29(30,12-17)15-28)27(35)31-19-6-7-22-23(9-19)26(34)21-5-3-2-4-20(21)25(22)33/h2-7,9,16-18H,8,10-15H2,1H3,(H,31,35)/t16-,17-,18+,28?,29?/m1/s1. The van der Waals surface area contributed by atoms with Crippen LogP contribution in [0.25, 0.3) is 0 Å². The van der Waals surface area contributed by atoms with Crippen LogP contribution < -0.4 is 5.32 Å². The van der Waals surface area contributed by atoms with Gasteiger partial charge in [-0.15, -0.1) is 0 Å². The third-order valence-corrected chi connectivity index (χ3v) is 9.43. The van der Waals surface area contributed by atoms with Gasteiger partial charge in [-0.25, -0.2) is 0 Å². The predicted molar refractivity (Wildman–Crippen MR) is 137 cm³/mol. The van der Waals surface area contributed by atoms with E-state index in [1.807, 2.05) is 0 Å². The highest BCUT2D eigenvalue weighted by atomic mass is 79.9. The minimum atomic E-state index is -0.974. The summed E-state index contributed by atoms with van der Waals surface area (Å²) in [5.74, 6) is 0.0694. The molecule has 4 saturated carbocycles. The number of hydrogen-bond donors (Lipinski definition) is 1. The molecule has 4 bridgehead atoms. The second-order valence-corrected chi connectivity index (χ2v) is 13.1. The number of hydrogen-bond acceptors (Lipinski definition) is 5. The molecule has 36 heavy (non-hydrogen) atoms. The van der Waals surface area contributed by atoms with Gasteiger partial charge in [-0.3, -0.25) is 19.2 Å². The molecule has 186 valence electrons. The number of ether oxygens (including phenoxy) is 1. The minimum absolute atomic E-state index is 0.0253. The molecule has 0 radical (unpaired) electrons. The number of halogens is 1. The second-order valence-electron chi connectivity index (χ2n) is 11.4. The fraction of sp³-hybridized carbons (Fsp3) is 0.448. The lowest BCUT2D eigenvalue weighted by atomic mass is 9.49. The summed E-state index contributed by atoms with van der Waals surface area (Å²) >= 11 is 3.98. The van der Waals surface area contributed by atoms with E-state index in [1.54, 1.807) is 43.3 Å². The van der Waals surface area contributed by atoms with Crippen molar-refractivity contribution in [3.63, 3.8) is 0 Å². The van der Waals surface area contributed by atoms with Crippen molar-refractivity contribution in [3.05, 3.63) is 64.7 Å². The topological polar surface area (TPSA) is 89.5 Å². The van der Waals surface area contributed by atoms with Crippen LogP contribution in [-0.4, -0.2) is 33.9 Å². The maximum Gasteiger partial charge on any atom is 0.307 e. The monoisotopic (exact) mass is 549 g/mol. The summed E-state index contributed by atoms with van der Waals surface area (Å²) in [6.07, 6.45) is 6.16. The Morgan fingerprint density at radius 1 is 0.972 bits per heavy atom. The Hall–Kier alpha value is -2.80. The maximum absolute atomic E-state index is 13.0. The summed E-state index contributed by atoms with van der Waals surface area (Å²) in [4.78, 5) is 51.5. The van der Waals surface area contributed by atoms with Gasteiger partial charge < -0.3 is 10.1 Å². The lowest BCUT2D eigenvalue weighted by molar-refractivity contribution is -0.159. The van der Waals surface area contributed by atoms with Crippen LogP contribution in [0.15, 0.2) is 42.5 Å². The van der Waals surface area contributed by atoms with Gasteiger partial charge in [0.15, 0.2) is 17.7 Å². The molecule has 5 atom stereocenters. The number of carbonyl (C=O) groups is 4. The molecule has 2 unspecified atom stereocenters. The molecule has 4 fully saturated rings. The van der Waals surface area contributed by atoms with Gasteiger partial charge in [-0.1, -0.05) is 40.2 Å². The first kappa shape index (κ1) is 23.6. The highest BCUT2D eigenvalue weighted by Crippen LogP contribution is 2.65. The fourth-order valence-electron chi connectivity index (χ4n) is 7.56. The van der Waals surface area contributed by atoms with Gasteiger partial charge in [0.05, 0.1) is 6.42 Å². The van der Waals surface area contributed by atoms with Gasteiger partial charge in [0.1, 0.15) is 0 Å². The molecule has 0 spiro atoms. The Kier molecular flexibility index (Phi) is 5.48. The molecule has 2 aromatic rings. The molecular weight excluding hydrogens is 522 g/mol. The van der Waals surface area contributed by atoms with Crippen molar-refractivity contribution in [1.82, 2.24) is 0 Å². The van der Waals surface area contributed by atoms with Gasteiger partial charge in [0.2, 0.25) is 0 Å². The van der Waals surface area contributed by atoms with Crippen LogP contribution in [0, 0.1) is 17.3 Å². The Balaban J connectivity index is 1.11. The van der Waals surface area contributed by atoms with E-state index in [0.717, 1.165) is 19.3 Å². The Morgan fingerprint density at radius 2 is 1.58 bits per heavy atom. The number of alkyl halides is 1. The van der Waals surface area contributed by atoms with Gasteiger partial charge in [-0.05, 0) is 80.9 Å². The van der Waals surface area contributed by atoms with Crippen molar-refractivity contribution in [3.8, 4) is 0 Å². The third kappa shape index (κ3) is 4.01. The molecule has 0 aliphatic heterocycles. The van der Waals surface area contributed by atoms with Crippen LogP contribution in [0.4, 0.5) is 5.69 Å². The maximum atomic E-state index is 13.0. The zero-order chi connectivity index (χ0) is 25.2. The number of rotatable bonds is 5. The molecule has 7 heteroatoms. The van der Waals surface area contributed by atoms with Crippen molar-refractivity contribution in [1.29, 1.82) is 0 Å². The highest BCUT2D eigenvalue weighted by Gasteiger charge is 2.57. The number of benzene rings is 2. The number of amides is 1. The smallest absolute Gasteiger partial charge is 0.307 e. The van der Waals surface area contributed by atoms with E-state index in [-0.39, 0.29) is 32.8 Å². The van der Waals surface area contributed by atoms with E-state index < -0.39 is 12.0 Å². The molecule has 1 N–H and O–H groups in total. The number of esters is 1. The molecule has 5 aliphatic rings. The summed E-state index contributed by atoms with van der Waals surface area (Å²) in [5.41, 5.74) is 1.67. The number of ketones is 2. The summed E-state index contributed by atoms with van der Waals surface area (Å²) in [6.45, 7) is 1.56. The fourth-order valence-corrected chi connectivity index (χ4v) is 9.07. The minimum Gasteiger partial charge on any atom is -0.453 e. The normalized spacial score (nSPS) is 30.4. The molecule has 0 heterocycles. The van der Waals surface area contributed by atoms with E-state index in [9.17, 15) is 19.2 Å². The second kappa shape index (κ2) is 8.37. The van der Waals surface area contributed by atoms with E-state index in [4.69, 9.17) is 4.74 Å². The molecule has 0 saturated heterocycles. The summed E-state index contributed by atoms with van der Waals surface area (Å²) in [6, 6.07) is 11.4. The molecular formula is C29H28BrNO5. The van der Waals surface area contributed by atoms with Gasteiger partial charge in [-0.2, -0.15) is 0 Å². The van der Waals surface area contributed by atoms with Crippen LogP contribution in [-0.2, 0) is 14.3 Å². The van der Waals surface area contributed by atoms with Gasteiger partial charge in [0.25, 0.3) is 5.91 Å². The van der Waals surface area contributed by atoms with Crippen LogP contribution in [0.3, 0.4) is 0 Å². The lowest BCUT2D eigenvalue weighted by Crippen LogP contribution is -2.53. The van der Waals surface area contributed by atoms with Crippen molar-refractivity contribution < 1.29 is 23.9 Å². The largest absolute Gasteiger partial charge is 0.453 e. The van der Waals surface area contributed by atoms with Crippen molar-refractivity contribution in [2.24, 2.45) is 17.3 Å². The molecule has 1 amide bonds. The van der Waals surface area contributed by atoms with E-state index in [2.05, 4.69) is 21.2 Å². The third-order valence-electron chi connectivity index (χ3n) is 8.50. The van der Waals surface area contributed by atoms with Crippen LogP contribution in [0.1, 0.15) is 83.7 Å². The van der Waals surface area contributed by atoms with Crippen LogP contribution in [0.5, 0.6) is 0 Å². The molecule has 0 aromatic heterocycles. The van der Waals surface area contributed by atoms with Gasteiger partial charge >= 0.3 is 5.97 Å². The summed E-state index contributed by atoms with van der Waals surface area (Å²) in [5, 5.41) is 2.73. The zero-order valence-corrected chi connectivity index (χ0v) is 21.7.